The second-order valence-corrected chi connectivity index (χ2v) is 6.51. The molecule has 2 N–H and O–H groups in total. The van der Waals surface area contributed by atoms with Crippen molar-refractivity contribution >= 4 is 29.2 Å². The Morgan fingerprint density at radius 1 is 1.18 bits per heavy atom. The number of nitrogens with zero attached hydrogens (tertiary/aromatic N) is 2. The van der Waals surface area contributed by atoms with Gasteiger partial charge in [-0.25, -0.2) is 9.38 Å². The molecule has 1 heterocycles. The van der Waals surface area contributed by atoms with Crippen LogP contribution in [0.15, 0.2) is 72.0 Å². The fraction of sp³-hybridized carbons (Fsp3) is 0.0952. The minimum atomic E-state index is -0.408. The molecule has 28 heavy (non-hydrogen) atoms. The van der Waals surface area contributed by atoms with E-state index in [0.29, 0.717) is 17.1 Å². The van der Waals surface area contributed by atoms with Gasteiger partial charge in [-0.05, 0) is 60.5 Å². The van der Waals surface area contributed by atoms with Crippen LogP contribution < -0.4 is 10.6 Å². The molecule has 0 radical (unpaired) electrons. The molecule has 7 heteroatoms. The molecule has 2 aromatic carbocycles. The number of rotatable bonds is 4. The molecule has 0 bridgehead atoms. The summed E-state index contributed by atoms with van der Waals surface area (Å²) in [5.74, 6) is -0.560. The number of benzene rings is 2. The summed E-state index contributed by atoms with van der Waals surface area (Å²) < 4.78 is 13.1. The molecule has 1 aromatic heterocycles. The molecule has 0 aliphatic rings. The maximum atomic E-state index is 13.1. The van der Waals surface area contributed by atoms with Gasteiger partial charge in [0.15, 0.2) is 0 Å². The van der Waals surface area contributed by atoms with Gasteiger partial charge in [0.25, 0.3) is 5.91 Å². The van der Waals surface area contributed by atoms with E-state index in [1.54, 1.807) is 24.5 Å². The summed E-state index contributed by atoms with van der Waals surface area (Å²) in [5, 5.41) is 6.40. The minimum absolute atomic E-state index is 0.253. The largest absolute Gasteiger partial charge is 0.326 e. The Bertz CT molecular complexity index is 991. The zero-order valence-corrected chi connectivity index (χ0v) is 15.9. The zero-order chi connectivity index (χ0) is 19.9. The first kappa shape index (κ1) is 19.5. The molecule has 0 aliphatic heterocycles. The Balaban J connectivity index is 1.83. The van der Waals surface area contributed by atoms with Gasteiger partial charge in [0, 0.05) is 28.7 Å². The van der Waals surface area contributed by atoms with Crippen LogP contribution in [0.1, 0.15) is 21.5 Å². The summed E-state index contributed by atoms with van der Waals surface area (Å²) in [6.07, 6.45) is 3.38. The lowest BCUT2D eigenvalue weighted by molar-refractivity contribution is 0.0977. The van der Waals surface area contributed by atoms with Crippen molar-refractivity contribution < 1.29 is 9.18 Å². The van der Waals surface area contributed by atoms with E-state index in [-0.39, 0.29) is 5.96 Å². The number of nitrogens with one attached hydrogen (secondary N) is 2. The summed E-state index contributed by atoms with van der Waals surface area (Å²) in [7, 11) is 0. The number of aryl methyl sites for hydroxylation is 1. The molecule has 0 aliphatic carbocycles. The highest BCUT2D eigenvalue weighted by atomic mass is 35.5. The van der Waals surface area contributed by atoms with Crippen LogP contribution in [0.3, 0.4) is 0 Å². The topological polar surface area (TPSA) is 66.4 Å². The molecule has 5 nitrogen and oxygen atoms in total. The maximum Gasteiger partial charge on any atom is 0.257 e. The Hall–Kier alpha value is -3.25. The highest BCUT2D eigenvalue weighted by Crippen LogP contribution is 2.20. The molecule has 0 atom stereocenters. The first-order chi connectivity index (χ1) is 13.5. The van der Waals surface area contributed by atoms with E-state index in [1.165, 1.54) is 24.3 Å². The highest BCUT2D eigenvalue weighted by Gasteiger charge is 2.11. The number of aromatic nitrogens is 1. The van der Waals surface area contributed by atoms with Gasteiger partial charge in [-0.3, -0.25) is 15.1 Å². The number of carbonyl (C=O) groups is 1. The molecule has 0 saturated carbocycles. The molecule has 0 saturated heterocycles. The third-order valence-corrected chi connectivity index (χ3v) is 4.17. The van der Waals surface area contributed by atoms with Crippen LogP contribution in [0.5, 0.6) is 0 Å². The summed E-state index contributed by atoms with van der Waals surface area (Å²) in [5.41, 5.74) is 2.87. The predicted molar refractivity (Wildman–Crippen MR) is 109 cm³/mol. The van der Waals surface area contributed by atoms with Crippen LogP contribution in [0.2, 0.25) is 5.02 Å². The lowest BCUT2D eigenvalue weighted by Crippen LogP contribution is -2.36. The lowest BCUT2D eigenvalue weighted by atomic mass is 10.2. The van der Waals surface area contributed by atoms with Gasteiger partial charge in [0.05, 0.1) is 6.54 Å². The highest BCUT2D eigenvalue weighted by molar-refractivity contribution is 6.31. The number of hydrogen-bond acceptors (Lipinski definition) is 3. The van der Waals surface area contributed by atoms with E-state index in [9.17, 15) is 9.18 Å². The average molecular weight is 397 g/mol. The molecule has 0 unspecified atom stereocenters. The van der Waals surface area contributed by atoms with Crippen LogP contribution in [0.4, 0.5) is 10.1 Å². The smallest absolute Gasteiger partial charge is 0.257 e. The molecule has 3 rings (SSSR count). The van der Waals surface area contributed by atoms with E-state index in [0.717, 1.165) is 16.8 Å². The van der Waals surface area contributed by atoms with Crippen molar-refractivity contribution in [1.82, 2.24) is 10.3 Å². The Labute approximate surface area is 167 Å². The second kappa shape index (κ2) is 9.10. The number of halogens is 2. The van der Waals surface area contributed by atoms with Gasteiger partial charge >= 0.3 is 0 Å². The van der Waals surface area contributed by atoms with E-state index in [1.807, 2.05) is 25.1 Å². The Kier molecular flexibility index (Phi) is 6.34. The van der Waals surface area contributed by atoms with Crippen molar-refractivity contribution in [2.75, 3.05) is 5.32 Å². The summed E-state index contributed by atoms with van der Waals surface area (Å²) >= 11 is 6.08. The zero-order valence-electron chi connectivity index (χ0n) is 15.1. The second-order valence-electron chi connectivity index (χ2n) is 6.07. The first-order valence-corrected chi connectivity index (χ1v) is 8.92. The monoisotopic (exact) mass is 396 g/mol. The molecule has 0 fully saturated rings. The van der Waals surface area contributed by atoms with E-state index < -0.39 is 11.7 Å². The maximum absolute atomic E-state index is 13.1. The lowest BCUT2D eigenvalue weighted by Gasteiger charge is -2.14. The van der Waals surface area contributed by atoms with Crippen molar-refractivity contribution in [3.63, 3.8) is 0 Å². The number of carbonyl (C=O) groups excluding carboxylic acids is 1. The number of hydrogen-bond donors (Lipinski definition) is 2. The average Bonchev–Trinajstić information content (AvgIpc) is 2.70. The summed E-state index contributed by atoms with van der Waals surface area (Å²) in [4.78, 5) is 21.0. The molecule has 0 spiro atoms. The van der Waals surface area contributed by atoms with Crippen LogP contribution in [0, 0.1) is 12.7 Å². The normalized spacial score (nSPS) is 11.2. The third kappa shape index (κ3) is 5.37. The number of aliphatic imine (C=N–C) groups is 1. The molecular formula is C21H18ClFN4O. The number of anilines is 1. The third-order valence-electron chi connectivity index (χ3n) is 3.93. The van der Waals surface area contributed by atoms with Crippen molar-refractivity contribution in [2.45, 2.75) is 13.5 Å². The van der Waals surface area contributed by atoms with Crippen molar-refractivity contribution in [3.8, 4) is 0 Å². The SMILES string of the molecule is Cc1ccc(Cl)cc1NC(=NCc1cccnc1)NC(=O)c1ccc(F)cc1. The number of guanidine groups is 1. The molecule has 142 valence electrons. The summed E-state index contributed by atoms with van der Waals surface area (Å²) in [6, 6.07) is 14.4. The minimum Gasteiger partial charge on any atom is -0.326 e. The summed E-state index contributed by atoms with van der Waals surface area (Å²) in [6.45, 7) is 2.23. The first-order valence-electron chi connectivity index (χ1n) is 8.55. The fourth-order valence-corrected chi connectivity index (χ4v) is 2.58. The fourth-order valence-electron chi connectivity index (χ4n) is 2.41. The van der Waals surface area contributed by atoms with Crippen molar-refractivity contribution in [1.29, 1.82) is 0 Å². The number of amides is 1. The van der Waals surface area contributed by atoms with Gasteiger partial charge in [-0.15, -0.1) is 0 Å². The van der Waals surface area contributed by atoms with Crippen molar-refractivity contribution in [3.05, 3.63) is 94.5 Å². The van der Waals surface area contributed by atoms with Crippen LogP contribution in [0.25, 0.3) is 0 Å². The van der Waals surface area contributed by atoms with Crippen LogP contribution in [-0.2, 0) is 6.54 Å². The van der Waals surface area contributed by atoms with E-state index in [4.69, 9.17) is 11.6 Å². The van der Waals surface area contributed by atoms with Crippen LogP contribution >= 0.6 is 11.6 Å². The Morgan fingerprint density at radius 2 is 1.96 bits per heavy atom. The van der Waals surface area contributed by atoms with Crippen LogP contribution in [-0.4, -0.2) is 16.9 Å². The van der Waals surface area contributed by atoms with Gasteiger partial charge < -0.3 is 5.32 Å². The van der Waals surface area contributed by atoms with E-state index >= 15 is 0 Å². The van der Waals surface area contributed by atoms with Gasteiger partial charge in [0.2, 0.25) is 5.96 Å². The quantitative estimate of drug-likeness (QED) is 0.501. The molecular weight excluding hydrogens is 379 g/mol. The molecule has 1 amide bonds. The predicted octanol–water partition coefficient (Wildman–Crippen LogP) is 4.58. The van der Waals surface area contributed by atoms with Gasteiger partial charge in [-0.1, -0.05) is 23.7 Å². The van der Waals surface area contributed by atoms with Crippen molar-refractivity contribution in [2.24, 2.45) is 4.99 Å². The standard InChI is InChI=1S/C21H18ClFN4O/c1-14-4-7-17(22)11-19(14)26-21(25-13-15-3-2-10-24-12-15)27-20(28)16-5-8-18(23)9-6-16/h2-12H,13H2,1H3,(H2,25,26,27,28). The van der Waals surface area contributed by atoms with E-state index in [2.05, 4.69) is 20.6 Å². The number of pyridine rings is 1. The molecule has 3 aromatic rings. The Morgan fingerprint density at radius 3 is 2.68 bits per heavy atom. The van der Waals surface area contributed by atoms with Gasteiger partial charge in [-0.2, -0.15) is 0 Å². The van der Waals surface area contributed by atoms with Gasteiger partial charge in [0.1, 0.15) is 5.82 Å².